The third kappa shape index (κ3) is 6.33. The molecule has 0 aliphatic heterocycles. The van der Waals surface area contributed by atoms with E-state index in [1.807, 2.05) is 6.07 Å². The average Bonchev–Trinajstić information content (AvgIpc) is 4.16. The van der Waals surface area contributed by atoms with E-state index < -0.39 is 0 Å². The second-order valence-electron chi connectivity index (χ2n) is 20.1. The zero-order valence-electron chi connectivity index (χ0n) is 40.4. The fraction of sp³-hybridized carbons (Fsp3) is 0.0435. The first-order chi connectivity index (χ1) is 35.9. The summed E-state index contributed by atoms with van der Waals surface area (Å²) in [5.74, 6) is 0. The molecule has 0 atom stereocenters. The lowest BCUT2D eigenvalue weighted by Gasteiger charge is -2.28. The second-order valence-corrected chi connectivity index (χ2v) is 20.1. The quantitative estimate of drug-likeness (QED) is 0.159. The lowest BCUT2D eigenvalue weighted by atomic mass is 9.81. The summed E-state index contributed by atoms with van der Waals surface area (Å²) in [6.45, 7) is 4.77. The van der Waals surface area contributed by atoms with Crippen LogP contribution in [0.1, 0.15) is 25.0 Å². The fourth-order valence-electron chi connectivity index (χ4n) is 12.2. The Hall–Kier alpha value is -9.38. The van der Waals surface area contributed by atoms with E-state index in [4.69, 9.17) is 4.42 Å². The predicted molar refractivity (Wildman–Crippen MR) is 306 cm³/mol. The second kappa shape index (κ2) is 15.8. The van der Waals surface area contributed by atoms with E-state index in [0.29, 0.717) is 0 Å². The Kier molecular flexibility index (Phi) is 8.97. The first-order valence-electron chi connectivity index (χ1n) is 25.2. The topological polar surface area (TPSA) is 26.2 Å². The first-order valence-corrected chi connectivity index (χ1v) is 25.2. The van der Waals surface area contributed by atoms with Gasteiger partial charge in [0.2, 0.25) is 0 Å². The van der Waals surface area contributed by atoms with Crippen molar-refractivity contribution in [1.82, 2.24) is 9.13 Å². The van der Waals surface area contributed by atoms with Gasteiger partial charge in [-0.05, 0) is 154 Å². The van der Waals surface area contributed by atoms with Crippen molar-refractivity contribution in [2.45, 2.75) is 19.3 Å². The van der Waals surface area contributed by atoms with Gasteiger partial charge in [0.15, 0.2) is 0 Å². The Morgan fingerprint density at radius 3 is 1.45 bits per heavy atom. The number of rotatable bonds is 7. The number of hydrogen-bond acceptors (Lipinski definition) is 2. The average molecular weight is 934 g/mol. The van der Waals surface area contributed by atoms with Gasteiger partial charge in [0.1, 0.15) is 11.2 Å². The minimum Gasteiger partial charge on any atom is -0.456 e. The van der Waals surface area contributed by atoms with Crippen LogP contribution in [0.3, 0.4) is 0 Å². The molecule has 73 heavy (non-hydrogen) atoms. The maximum Gasteiger partial charge on any atom is 0.135 e. The van der Waals surface area contributed by atoms with Crippen molar-refractivity contribution in [3.8, 4) is 44.8 Å². The number of fused-ring (bicyclic) bond motifs is 12. The smallest absolute Gasteiger partial charge is 0.135 e. The van der Waals surface area contributed by atoms with Crippen LogP contribution in [-0.2, 0) is 5.41 Å². The molecule has 0 amide bonds. The molecule has 0 radical (unpaired) electrons. The monoisotopic (exact) mass is 933 g/mol. The Bertz CT molecular complexity index is 4460. The van der Waals surface area contributed by atoms with Crippen LogP contribution < -0.4 is 4.90 Å². The molecular weight excluding hydrogens is 887 g/mol. The van der Waals surface area contributed by atoms with E-state index in [0.717, 1.165) is 50.3 Å². The number of para-hydroxylation sites is 5. The van der Waals surface area contributed by atoms with Crippen molar-refractivity contribution in [1.29, 1.82) is 0 Å². The summed E-state index contributed by atoms with van der Waals surface area (Å²) in [4.78, 5) is 2.41. The lowest BCUT2D eigenvalue weighted by Crippen LogP contribution is -2.16. The van der Waals surface area contributed by atoms with Gasteiger partial charge in [-0.3, -0.25) is 0 Å². The van der Waals surface area contributed by atoms with Crippen LogP contribution in [0.2, 0.25) is 0 Å². The van der Waals surface area contributed by atoms with Crippen LogP contribution in [0.4, 0.5) is 17.1 Å². The van der Waals surface area contributed by atoms with Crippen LogP contribution in [0.15, 0.2) is 253 Å². The summed E-state index contributed by atoms with van der Waals surface area (Å²) in [7, 11) is 0. The third-order valence-electron chi connectivity index (χ3n) is 15.7. The summed E-state index contributed by atoms with van der Waals surface area (Å²) in [5.41, 5.74) is 22.0. The van der Waals surface area contributed by atoms with Crippen LogP contribution >= 0.6 is 0 Å². The molecule has 344 valence electrons. The predicted octanol–water partition coefficient (Wildman–Crippen LogP) is 18.9. The summed E-state index contributed by atoms with van der Waals surface area (Å²) in [5, 5.41) is 7.26. The SMILES string of the molecule is CC1(C)c2cc(-c3ccc4c(c3)c3ccccc3n4-c3ccccc3)ccc2-c2ccc(N(c3ccc(-c4ccc(-n5c6ccccc6c6ccccc65)cc4)cc3)c3ccc4oc5ccccc5c4c3)cc21. The maximum atomic E-state index is 6.34. The Balaban J connectivity index is 0.804. The molecule has 0 fully saturated rings. The number of furan rings is 1. The molecule has 3 aromatic heterocycles. The number of nitrogens with zero attached hydrogens (tertiary/aromatic N) is 3. The van der Waals surface area contributed by atoms with Crippen molar-refractivity contribution in [3.63, 3.8) is 0 Å². The van der Waals surface area contributed by atoms with Gasteiger partial charge < -0.3 is 18.5 Å². The molecule has 0 unspecified atom stereocenters. The van der Waals surface area contributed by atoms with Crippen molar-refractivity contribution in [2.75, 3.05) is 4.90 Å². The molecule has 0 saturated heterocycles. The molecule has 11 aromatic carbocycles. The van der Waals surface area contributed by atoms with Gasteiger partial charge in [-0.15, -0.1) is 0 Å². The molecule has 0 saturated carbocycles. The Morgan fingerprint density at radius 1 is 0.315 bits per heavy atom. The highest BCUT2D eigenvalue weighted by molar-refractivity contribution is 6.11. The maximum absolute atomic E-state index is 6.34. The van der Waals surface area contributed by atoms with Crippen molar-refractivity contribution in [3.05, 3.63) is 260 Å². The van der Waals surface area contributed by atoms with Crippen LogP contribution in [0, 0.1) is 0 Å². The fourth-order valence-corrected chi connectivity index (χ4v) is 12.2. The highest BCUT2D eigenvalue weighted by Crippen LogP contribution is 2.52. The number of anilines is 3. The molecule has 0 bridgehead atoms. The normalized spacial score (nSPS) is 12.9. The van der Waals surface area contributed by atoms with E-state index in [-0.39, 0.29) is 5.41 Å². The highest BCUT2D eigenvalue weighted by Gasteiger charge is 2.36. The molecule has 3 heterocycles. The van der Waals surface area contributed by atoms with Crippen LogP contribution in [0.5, 0.6) is 0 Å². The zero-order valence-corrected chi connectivity index (χ0v) is 40.4. The number of benzene rings is 11. The summed E-state index contributed by atoms with van der Waals surface area (Å²) in [6, 6.07) is 90.9. The van der Waals surface area contributed by atoms with Crippen molar-refractivity contribution in [2.24, 2.45) is 0 Å². The van der Waals surface area contributed by atoms with Gasteiger partial charge in [-0.1, -0.05) is 153 Å². The highest BCUT2D eigenvalue weighted by atomic mass is 16.3. The number of aromatic nitrogens is 2. The Morgan fingerprint density at radius 2 is 0.767 bits per heavy atom. The molecule has 15 rings (SSSR count). The number of hydrogen-bond donors (Lipinski definition) is 0. The summed E-state index contributed by atoms with van der Waals surface area (Å²) < 4.78 is 11.1. The first kappa shape index (κ1) is 41.4. The van der Waals surface area contributed by atoms with Gasteiger partial charge in [0.25, 0.3) is 0 Å². The van der Waals surface area contributed by atoms with Crippen molar-refractivity contribution < 1.29 is 4.42 Å². The molecule has 4 heteroatoms. The van der Waals surface area contributed by atoms with Gasteiger partial charge in [-0.2, -0.15) is 0 Å². The largest absolute Gasteiger partial charge is 0.456 e. The molecule has 1 aliphatic carbocycles. The standard InChI is InChI=1S/C69H47N3O/c1-69(2)61-41-47(46-29-38-66-59(40-46)57-18-8-12-22-65(57)71(66)48-14-4-3-5-15-48)28-36-53(61)54-37-34-52(43-62(54)69)70(51-35-39-68-60(42-51)58-19-9-13-23-67(58)73-68)49-30-24-44(25-31-49)45-26-32-50(33-27-45)72-63-20-10-6-16-55(63)56-17-7-11-21-64(56)72/h3-43H,1-2H3. The van der Waals surface area contributed by atoms with E-state index in [1.54, 1.807) is 0 Å². The minimum absolute atomic E-state index is 0.254. The Labute approximate surface area is 422 Å². The summed E-state index contributed by atoms with van der Waals surface area (Å²) >= 11 is 0. The van der Waals surface area contributed by atoms with E-state index in [2.05, 4.69) is 271 Å². The lowest BCUT2D eigenvalue weighted by molar-refractivity contribution is 0.660. The van der Waals surface area contributed by atoms with E-state index in [1.165, 1.54) is 88.2 Å². The molecule has 4 nitrogen and oxygen atoms in total. The van der Waals surface area contributed by atoms with Gasteiger partial charge in [0, 0.05) is 66.2 Å². The van der Waals surface area contributed by atoms with Crippen LogP contribution in [-0.4, -0.2) is 9.13 Å². The van der Waals surface area contributed by atoms with Crippen LogP contribution in [0.25, 0.3) is 110 Å². The molecule has 1 aliphatic rings. The minimum atomic E-state index is -0.254. The van der Waals surface area contributed by atoms with Gasteiger partial charge >= 0.3 is 0 Å². The third-order valence-corrected chi connectivity index (χ3v) is 15.7. The van der Waals surface area contributed by atoms with Gasteiger partial charge in [-0.25, -0.2) is 0 Å². The van der Waals surface area contributed by atoms with E-state index in [9.17, 15) is 0 Å². The molecular formula is C69H47N3O. The molecule has 0 N–H and O–H groups in total. The van der Waals surface area contributed by atoms with Crippen molar-refractivity contribution >= 4 is 82.6 Å². The summed E-state index contributed by atoms with van der Waals surface area (Å²) in [6.07, 6.45) is 0. The molecule has 14 aromatic rings. The van der Waals surface area contributed by atoms with Gasteiger partial charge in [0.05, 0.1) is 22.1 Å². The van der Waals surface area contributed by atoms with E-state index >= 15 is 0 Å². The zero-order chi connectivity index (χ0) is 48.4. The molecule has 0 spiro atoms.